The highest BCUT2D eigenvalue weighted by molar-refractivity contribution is 7.12. The average Bonchev–Trinajstić information content (AvgIpc) is 3.55. The summed E-state index contributed by atoms with van der Waals surface area (Å²) in [6.07, 6.45) is 2.69. The van der Waals surface area contributed by atoms with Crippen LogP contribution >= 0.6 is 11.3 Å². The average molecular weight is 556 g/mol. The third kappa shape index (κ3) is 4.44. The number of hydrogen-bond acceptors (Lipinski definition) is 6. The van der Waals surface area contributed by atoms with Gasteiger partial charge in [-0.15, -0.1) is 11.3 Å². The highest BCUT2D eigenvalue weighted by Crippen LogP contribution is 2.36. The number of halogens is 1. The van der Waals surface area contributed by atoms with Gasteiger partial charge in [0.15, 0.2) is 5.65 Å². The van der Waals surface area contributed by atoms with Crippen LogP contribution in [-0.2, 0) is 12.8 Å². The first kappa shape index (κ1) is 25.8. The van der Waals surface area contributed by atoms with Crippen molar-refractivity contribution in [3.63, 3.8) is 0 Å². The van der Waals surface area contributed by atoms with E-state index in [1.807, 2.05) is 11.8 Å². The number of carbonyl (C=O) groups is 2. The maximum absolute atomic E-state index is 15.3. The van der Waals surface area contributed by atoms with Crippen molar-refractivity contribution >= 4 is 28.9 Å². The molecule has 5 aromatic rings. The second-order valence-electron chi connectivity index (χ2n) is 9.88. The van der Waals surface area contributed by atoms with E-state index in [4.69, 9.17) is 5.11 Å². The van der Waals surface area contributed by atoms with Gasteiger partial charge in [0.25, 0.3) is 5.91 Å². The van der Waals surface area contributed by atoms with Crippen LogP contribution in [0.25, 0.3) is 28.2 Å². The van der Waals surface area contributed by atoms with E-state index in [9.17, 15) is 9.59 Å². The fourth-order valence-electron chi connectivity index (χ4n) is 5.24. The number of thiophene rings is 1. The number of aryl methyl sites for hydroxylation is 2. The number of fused-ring (bicyclic) bond motifs is 2. The van der Waals surface area contributed by atoms with Gasteiger partial charge in [0.2, 0.25) is 0 Å². The zero-order valence-electron chi connectivity index (χ0n) is 22.2. The van der Waals surface area contributed by atoms with Gasteiger partial charge in [-0.1, -0.05) is 13.0 Å². The van der Waals surface area contributed by atoms with E-state index >= 15 is 4.39 Å². The number of nitrogens with zero attached hydrogens (tertiary/aromatic N) is 5. The van der Waals surface area contributed by atoms with Crippen LogP contribution in [-0.4, -0.2) is 48.0 Å². The van der Waals surface area contributed by atoms with E-state index in [-0.39, 0.29) is 23.1 Å². The fourth-order valence-corrected chi connectivity index (χ4v) is 6.36. The lowest BCUT2D eigenvalue weighted by Crippen LogP contribution is -2.38. The normalized spacial score (nSPS) is 14.9. The number of carboxylic acids is 1. The number of rotatable bonds is 5. The minimum absolute atomic E-state index is 0.0350. The first-order valence-corrected chi connectivity index (χ1v) is 13.8. The number of hydrogen-bond donors (Lipinski definition) is 1. The van der Waals surface area contributed by atoms with Gasteiger partial charge in [0, 0.05) is 45.4 Å². The molecule has 0 radical (unpaired) electrons. The van der Waals surface area contributed by atoms with Gasteiger partial charge < -0.3 is 10.0 Å². The minimum atomic E-state index is -1.07. The molecule has 0 fully saturated rings. The Bertz CT molecular complexity index is 1790. The third-order valence-corrected chi connectivity index (χ3v) is 8.48. The molecule has 0 saturated heterocycles. The van der Waals surface area contributed by atoms with Crippen molar-refractivity contribution in [2.75, 3.05) is 6.54 Å². The smallest absolute Gasteiger partial charge is 0.337 e. The van der Waals surface area contributed by atoms with Gasteiger partial charge in [0.05, 0.1) is 23.0 Å². The Balaban J connectivity index is 1.32. The van der Waals surface area contributed by atoms with Crippen molar-refractivity contribution in [2.45, 2.75) is 39.7 Å². The van der Waals surface area contributed by atoms with Gasteiger partial charge in [0.1, 0.15) is 11.5 Å². The number of amides is 1. The standard InChI is InChI=1S/C30H26FN5O3S/c1-4-20-13-26(29(37)35-10-9-27-22(17(35)3)11-16(2)40-27)33-28-14-25(34-36(20)28)21-7-5-18(12-23(21)31)24-8-6-19(15-32-24)30(38)39/h5-8,11-15,17H,4,9-10H2,1-3H3,(H,38,39). The molecule has 202 valence electrons. The SMILES string of the molecule is CCc1cc(C(=O)N2CCc3sc(C)cc3C2C)nc2cc(-c3ccc(-c4ccc(C(=O)O)cn4)cc3F)nn12. The topological polar surface area (TPSA) is 101 Å². The van der Waals surface area contributed by atoms with Gasteiger partial charge in [-0.2, -0.15) is 5.10 Å². The van der Waals surface area contributed by atoms with E-state index in [2.05, 4.69) is 35.0 Å². The Labute approximate surface area is 233 Å². The lowest BCUT2D eigenvalue weighted by atomic mass is 10.0. The van der Waals surface area contributed by atoms with Gasteiger partial charge >= 0.3 is 5.97 Å². The highest BCUT2D eigenvalue weighted by atomic mass is 32.1. The molecular weight excluding hydrogens is 529 g/mol. The summed E-state index contributed by atoms with van der Waals surface area (Å²) in [5.74, 6) is -1.70. The van der Waals surface area contributed by atoms with Crippen LogP contribution in [0.1, 0.15) is 61.7 Å². The zero-order valence-corrected chi connectivity index (χ0v) is 23.0. The summed E-state index contributed by atoms with van der Waals surface area (Å²) in [7, 11) is 0. The largest absolute Gasteiger partial charge is 0.478 e. The number of aromatic nitrogens is 4. The number of aromatic carboxylic acids is 1. The Kier molecular flexibility index (Phi) is 6.42. The molecule has 1 amide bonds. The molecule has 5 heterocycles. The van der Waals surface area contributed by atoms with Crippen molar-refractivity contribution < 1.29 is 19.1 Å². The van der Waals surface area contributed by atoms with Crippen LogP contribution in [0, 0.1) is 12.7 Å². The predicted molar refractivity (Wildman–Crippen MR) is 150 cm³/mol. The summed E-state index contributed by atoms with van der Waals surface area (Å²) in [6.45, 7) is 6.76. The Morgan fingerprint density at radius 1 is 1.12 bits per heavy atom. The molecule has 1 aromatic carbocycles. The van der Waals surface area contributed by atoms with Gasteiger partial charge in [-0.25, -0.2) is 18.7 Å². The first-order chi connectivity index (χ1) is 19.2. The summed E-state index contributed by atoms with van der Waals surface area (Å²) in [5.41, 5.74) is 4.55. The molecule has 0 saturated carbocycles. The molecule has 40 heavy (non-hydrogen) atoms. The van der Waals surface area contributed by atoms with Crippen molar-refractivity contribution in [2.24, 2.45) is 0 Å². The minimum Gasteiger partial charge on any atom is -0.478 e. The van der Waals surface area contributed by atoms with E-state index in [0.717, 1.165) is 12.1 Å². The third-order valence-electron chi connectivity index (χ3n) is 7.36. The predicted octanol–water partition coefficient (Wildman–Crippen LogP) is 5.99. The summed E-state index contributed by atoms with van der Waals surface area (Å²) < 4.78 is 17.0. The molecular formula is C30H26FN5O3S. The van der Waals surface area contributed by atoms with Crippen molar-refractivity contribution in [1.29, 1.82) is 0 Å². The number of carbonyl (C=O) groups excluding carboxylic acids is 1. The molecule has 1 unspecified atom stereocenters. The summed E-state index contributed by atoms with van der Waals surface area (Å²) in [5, 5.41) is 13.7. The summed E-state index contributed by atoms with van der Waals surface area (Å²) in [6, 6.07) is 13.3. The molecule has 1 aliphatic rings. The Morgan fingerprint density at radius 3 is 2.65 bits per heavy atom. The van der Waals surface area contributed by atoms with E-state index in [1.54, 1.807) is 46.2 Å². The molecule has 4 aromatic heterocycles. The van der Waals surface area contributed by atoms with Crippen molar-refractivity contribution in [3.8, 4) is 22.5 Å². The van der Waals surface area contributed by atoms with Crippen LogP contribution in [0.5, 0.6) is 0 Å². The van der Waals surface area contributed by atoms with E-state index < -0.39 is 11.8 Å². The molecule has 0 spiro atoms. The maximum atomic E-state index is 15.3. The molecule has 1 N–H and O–H groups in total. The molecule has 0 bridgehead atoms. The summed E-state index contributed by atoms with van der Waals surface area (Å²) in [4.78, 5) is 38.0. The lowest BCUT2D eigenvalue weighted by molar-refractivity contribution is 0.0670. The molecule has 1 aliphatic heterocycles. The van der Waals surface area contributed by atoms with E-state index in [0.29, 0.717) is 41.3 Å². The molecule has 6 rings (SSSR count). The Morgan fingerprint density at radius 2 is 1.95 bits per heavy atom. The van der Waals surface area contributed by atoms with Gasteiger partial charge in [-0.3, -0.25) is 9.78 Å². The highest BCUT2D eigenvalue weighted by Gasteiger charge is 2.31. The van der Waals surface area contributed by atoms with Crippen LogP contribution in [0.3, 0.4) is 0 Å². The van der Waals surface area contributed by atoms with Crippen molar-refractivity contribution in [3.05, 3.63) is 92.8 Å². The van der Waals surface area contributed by atoms with Crippen LogP contribution in [0.2, 0.25) is 0 Å². The quantitative estimate of drug-likeness (QED) is 0.286. The fraction of sp³-hybridized carbons (Fsp3) is 0.233. The first-order valence-electron chi connectivity index (χ1n) is 13.0. The zero-order chi connectivity index (χ0) is 28.1. The van der Waals surface area contributed by atoms with Crippen LogP contribution in [0.4, 0.5) is 4.39 Å². The van der Waals surface area contributed by atoms with Gasteiger partial charge in [-0.05, 0) is 68.7 Å². The van der Waals surface area contributed by atoms with E-state index in [1.165, 1.54) is 33.6 Å². The molecule has 1 atom stereocenters. The maximum Gasteiger partial charge on any atom is 0.337 e. The van der Waals surface area contributed by atoms with Crippen LogP contribution < -0.4 is 0 Å². The van der Waals surface area contributed by atoms with Crippen molar-refractivity contribution in [1.82, 2.24) is 24.5 Å². The monoisotopic (exact) mass is 555 g/mol. The second-order valence-corrected chi connectivity index (χ2v) is 11.2. The lowest BCUT2D eigenvalue weighted by Gasteiger charge is -2.33. The number of pyridine rings is 1. The molecule has 10 heteroatoms. The molecule has 8 nitrogen and oxygen atoms in total. The number of benzene rings is 1. The Hall–Kier alpha value is -4.44. The second kappa shape index (κ2) is 9.95. The summed E-state index contributed by atoms with van der Waals surface area (Å²) >= 11 is 1.79. The van der Waals surface area contributed by atoms with Crippen LogP contribution in [0.15, 0.2) is 54.7 Å². The number of carboxylic acid groups (broad SMARTS) is 1. The molecule has 0 aliphatic carbocycles.